The fraction of sp³-hybridized carbons (Fsp3) is 0.389. The number of nitrogens with zero attached hydrogens (tertiary/aromatic N) is 2. The monoisotopic (exact) mass is 375 g/mol. The first-order valence-electron chi connectivity index (χ1n) is 7.99. The van der Waals surface area contributed by atoms with Crippen molar-refractivity contribution in [2.24, 2.45) is 7.05 Å². The van der Waals surface area contributed by atoms with Crippen molar-refractivity contribution in [1.29, 1.82) is 0 Å². The second kappa shape index (κ2) is 6.89. The van der Waals surface area contributed by atoms with Gasteiger partial charge in [-0.05, 0) is 62.7 Å². The minimum atomic E-state index is -0.152. The molecule has 4 nitrogen and oxygen atoms in total. The van der Waals surface area contributed by atoms with Gasteiger partial charge in [-0.15, -0.1) is 0 Å². The van der Waals surface area contributed by atoms with E-state index in [-0.39, 0.29) is 11.9 Å². The smallest absolute Gasteiger partial charge is 0.241 e. The number of amides is 1. The molecule has 1 aliphatic heterocycles. The second-order valence-corrected chi connectivity index (χ2v) is 7.03. The average Bonchev–Trinajstić information content (AvgIpc) is 3.17. The van der Waals surface area contributed by atoms with Gasteiger partial charge in [-0.2, -0.15) is 0 Å². The number of halogens is 1. The Hall–Kier alpha value is -1.59. The first kappa shape index (κ1) is 16.3. The zero-order valence-electron chi connectivity index (χ0n) is 13.5. The summed E-state index contributed by atoms with van der Waals surface area (Å²) in [6, 6.07) is 12.1. The number of rotatable bonds is 4. The first-order valence-corrected chi connectivity index (χ1v) is 8.79. The number of carbonyl (C=O) groups is 1. The number of benzene rings is 1. The third-order valence-corrected chi connectivity index (χ3v) is 5.14. The summed E-state index contributed by atoms with van der Waals surface area (Å²) in [5.74, 6) is 0.0495. The van der Waals surface area contributed by atoms with Crippen LogP contribution in [-0.4, -0.2) is 28.0 Å². The third-order valence-electron chi connectivity index (χ3n) is 4.61. The lowest BCUT2D eigenvalue weighted by atomic mass is 10.1. The van der Waals surface area contributed by atoms with Crippen molar-refractivity contribution >= 4 is 27.5 Å². The van der Waals surface area contributed by atoms with Gasteiger partial charge in [-0.1, -0.05) is 15.9 Å². The van der Waals surface area contributed by atoms with E-state index in [1.165, 1.54) is 5.69 Å². The maximum atomic E-state index is 12.6. The van der Waals surface area contributed by atoms with E-state index in [1.54, 1.807) is 0 Å². The average molecular weight is 376 g/mol. The number of hydrogen-bond acceptors (Lipinski definition) is 2. The van der Waals surface area contributed by atoms with Crippen molar-refractivity contribution in [1.82, 2.24) is 9.47 Å². The van der Waals surface area contributed by atoms with Crippen molar-refractivity contribution < 1.29 is 4.79 Å². The summed E-state index contributed by atoms with van der Waals surface area (Å²) < 4.78 is 3.16. The van der Waals surface area contributed by atoms with Gasteiger partial charge in [-0.25, -0.2) is 0 Å². The van der Waals surface area contributed by atoms with E-state index in [1.807, 2.05) is 31.2 Å². The molecule has 23 heavy (non-hydrogen) atoms. The molecule has 1 saturated heterocycles. The van der Waals surface area contributed by atoms with Crippen molar-refractivity contribution in [3.8, 4) is 0 Å². The summed E-state index contributed by atoms with van der Waals surface area (Å²) in [4.78, 5) is 14.9. The van der Waals surface area contributed by atoms with Crippen LogP contribution >= 0.6 is 15.9 Å². The summed E-state index contributed by atoms with van der Waals surface area (Å²) >= 11 is 3.41. The zero-order chi connectivity index (χ0) is 16.4. The molecule has 1 aromatic heterocycles. The molecule has 2 heterocycles. The Kier molecular flexibility index (Phi) is 4.87. The molecule has 5 heteroatoms. The van der Waals surface area contributed by atoms with Crippen LogP contribution in [0.4, 0.5) is 5.69 Å². The molecule has 1 N–H and O–H groups in total. The van der Waals surface area contributed by atoms with Crippen molar-refractivity contribution in [3.63, 3.8) is 0 Å². The molecule has 0 bridgehead atoms. The van der Waals surface area contributed by atoms with Crippen molar-refractivity contribution in [3.05, 3.63) is 52.8 Å². The van der Waals surface area contributed by atoms with E-state index in [4.69, 9.17) is 0 Å². The topological polar surface area (TPSA) is 37.3 Å². The van der Waals surface area contributed by atoms with E-state index >= 15 is 0 Å². The van der Waals surface area contributed by atoms with Crippen LogP contribution in [0.5, 0.6) is 0 Å². The SMILES string of the molecule is C[C@H](C(=O)Nc1ccc(Br)cc1)N1CCC[C@@H]1c1cccn1C. The Morgan fingerprint density at radius 1 is 1.30 bits per heavy atom. The molecule has 1 fully saturated rings. The van der Waals surface area contributed by atoms with E-state index < -0.39 is 0 Å². The number of hydrogen-bond donors (Lipinski definition) is 1. The third kappa shape index (κ3) is 3.51. The highest BCUT2D eigenvalue weighted by molar-refractivity contribution is 9.10. The van der Waals surface area contributed by atoms with Gasteiger partial charge in [0.2, 0.25) is 5.91 Å². The molecule has 2 atom stereocenters. The number of anilines is 1. The van der Waals surface area contributed by atoms with E-state index in [2.05, 4.69) is 56.1 Å². The van der Waals surface area contributed by atoms with Gasteiger partial charge in [0.05, 0.1) is 12.1 Å². The Bertz CT molecular complexity index is 680. The molecule has 0 spiro atoms. The Morgan fingerprint density at radius 2 is 2.04 bits per heavy atom. The van der Waals surface area contributed by atoms with E-state index in [0.29, 0.717) is 6.04 Å². The lowest BCUT2D eigenvalue weighted by Gasteiger charge is -2.30. The van der Waals surface area contributed by atoms with Gasteiger partial charge in [-0.3, -0.25) is 9.69 Å². The minimum absolute atomic E-state index is 0.0495. The molecular weight excluding hydrogens is 354 g/mol. The summed E-state index contributed by atoms with van der Waals surface area (Å²) in [6.45, 7) is 2.96. The Morgan fingerprint density at radius 3 is 2.70 bits per heavy atom. The zero-order valence-corrected chi connectivity index (χ0v) is 15.1. The lowest BCUT2D eigenvalue weighted by Crippen LogP contribution is -2.41. The molecule has 1 aromatic carbocycles. The lowest BCUT2D eigenvalue weighted by molar-refractivity contribution is -0.121. The molecule has 0 radical (unpaired) electrons. The number of likely N-dealkylation sites (tertiary alicyclic amines) is 1. The van der Waals surface area contributed by atoms with Crippen LogP contribution in [0, 0.1) is 0 Å². The normalized spacial score (nSPS) is 19.7. The van der Waals surface area contributed by atoms with Gasteiger partial charge in [0.15, 0.2) is 0 Å². The van der Waals surface area contributed by atoms with Gasteiger partial charge >= 0.3 is 0 Å². The largest absolute Gasteiger partial charge is 0.353 e. The summed E-state index contributed by atoms with van der Waals surface area (Å²) in [6.07, 6.45) is 4.30. The predicted octanol–water partition coefficient (Wildman–Crippen LogP) is 3.95. The van der Waals surface area contributed by atoms with Crippen LogP contribution < -0.4 is 5.32 Å². The van der Waals surface area contributed by atoms with Crippen LogP contribution in [-0.2, 0) is 11.8 Å². The summed E-state index contributed by atoms with van der Waals surface area (Å²) in [5, 5.41) is 3.02. The van der Waals surface area contributed by atoms with Crippen LogP contribution in [0.2, 0.25) is 0 Å². The van der Waals surface area contributed by atoms with E-state index in [9.17, 15) is 4.79 Å². The van der Waals surface area contributed by atoms with Crippen molar-refractivity contribution in [2.75, 3.05) is 11.9 Å². The van der Waals surface area contributed by atoms with Gasteiger partial charge < -0.3 is 9.88 Å². The maximum Gasteiger partial charge on any atom is 0.241 e. The molecule has 0 saturated carbocycles. The molecule has 2 aromatic rings. The molecule has 3 rings (SSSR count). The molecule has 1 aliphatic rings. The number of carbonyl (C=O) groups excluding carboxylic acids is 1. The molecule has 122 valence electrons. The summed E-state index contributed by atoms with van der Waals surface area (Å²) in [5.41, 5.74) is 2.12. The van der Waals surface area contributed by atoms with Gasteiger partial charge in [0.1, 0.15) is 0 Å². The molecular formula is C18H22BrN3O. The maximum absolute atomic E-state index is 12.6. The standard InChI is InChI=1S/C18H22BrN3O/c1-13(18(23)20-15-9-7-14(19)8-10-15)22-12-4-6-17(22)16-5-3-11-21(16)2/h3,5,7-11,13,17H,4,6,12H2,1-2H3,(H,20,23)/t13-,17-/m1/s1. The van der Waals surface area contributed by atoms with Gasteiger partial charge in [0.25, 0.3) is 0 Å². The van der Waals surface area contributed by atoms with Crippen LogP contribution in [0.3, 0.4) is 0 Å². The van der Waals surface area contributed by atoms with E-state index in [0.717, 1.165) is 29.5 Å². The number of aromatic nitrogens is 1. The highest BCUT2D eigenvalue weighted by Gasteiger charge is 2.33. The first-order chi connectivity index (χ1) is 11.1. The number of aryl methyl sites for hydroxylation is 1. The fourth-order valence-corrected chi connectivity index (χ4v) is 3.59. The minimum Gasteiger partial charge on any atom is -0.353 e. The predicted molar refractivity (Wildman–Crippen MR) is 96.3 cm³/mol. The highest BCUT2D eigenvalue weighted by atomic mass is 79.9. The Labute approximate surface area is 145 Å². The highest BCUT2D eigenvalue weighted by Crippen LogP contribution is 2.33. The summed E-state index contributed by atoms with van der Waals surface area (Å²) in [7, 11) is 2.07. The van der Waals surface area contributed by atoms with Crippen molar-refractivity contribution in [2.45, 2.75) is 31.8 Å². The van der Waals surface area contributed by atoms with Crippen LogP contribution in [0.25, 0.3) is 0 Å². The molecule has 0 unspecified atom stereocenters. The quantitative estimate of drug-likeness (QED) is 0.877. The molecule has 0 aliphatic carbocycles. The van der Waals surface area contributed by atoms with Gasteiger partial charge in [0, 0.05) is 29.1 Å². The fourth-order valence-electron chi connectivity index (χ4n) is 3.32. The van der Waals surface area contributed by atoms with Crippen LogP contribution in [0.15, 0.2) is 47.1 Å². The Balaban J connectivity index is 1.71. The molecule has 1 amide bonds. The van der Waals surface area contributed by atoms with Crippen LogP contribution in [0.1, 0.15) is 31.5 Å². The second-order valence-electron chi connectivity index (χ2n) is 6.11. The number of nitrogens with one attached hydrogen (secondary N) is 1.